The van der Waals surface area contributed by atoms with Crippen LogP contribution in [0.5, 0.6) is 11.5 Å². The summed E-state index contributed by atoms with van der Waals surface area (Å²) in [4.78, 5) is 23.0. The van der Waals surface area contributed by atoms with Crippen LogP contribution in [-0.2, 0) is 17.6 Å². The summed E-state index contributed by atoms with van der Waals surface area (Å²) in [6, 6.07) is 12.4. The second-order valence-electron chi connectivity index (χ2n) is 7.18. The van der Waals surface area contributed by atoms with Gasteiger partial charge in [0.2, 0.25) is 0 Å². The summed E-state index contributed by atoms with van der Waals surface area (Å²) in [7, 11) is 0. The van der Waals surface area contributed by atoms with Crippen LogP contribution in [0, 0.1) is 0 Å². The summed E-state index contributed by atoms with van der Waals surface area (Å²) in [6.45, 7) is 4.34. The number of rotatable bonds is 7. The van der Waals surface area contributed by atoms with Gasteiger partial charge in [0.25, 0.3) is 5.91 Å². The quantitative estimate of drug-likeness (QED) is 0.784. The maximum absolute atomic E-state index is 12.0. The van der Waals surface area contributed by atoms with Gasteiger partial charge < -0.3 is 19.9 Å². The Morgan fingerprint density at radius 3 is 2.78 bits per heavy atom. The third-order valence-electron chi connectivity index (χ3n) is 4.32. The van der Waals surface area contributed by atoms with Gasteiger partial charge in [-0.3, -0.25) is 4.79 Å². The van der Waals surface area contributed by atoms with Gasteiger partial charge in [0.15, 0.2) is 18.1 Å². The third-order valence-corrected chi connectivity index (χ3v) is 4.32. The molecule has 0 aliphatic carbocycles. The van der Waals surface area contributed by atoms with Crippen molar-refractivity contribution in [2.45, 2.75) is 32.3 Å². The number of nitrogens with one attached hydrogen (secondary N) is 1. The molecule has 2 aromatic rings. The van der Waals surface area contributed by atoms with Crippen LogP contribution in [-0.4, -0.2) is 35.7 Å². The lowest BCUT2D eigenvalue weighted by atomic mass is 10.0. The monoisotopic (exact) mass is 369 g/mol. The molecule has 0 spiro atoms. The molecule has 0 radical (unpaired) electrons. The Balaban J connectivity index is 1.48. The minimum atomic E-state index is -0.963. The average Bonchev–Trinajstić information content (AvgIpc) is 2.94. The number of carboxylic acid groups (broad SMARTS) is 1. The molecule has 3 rings (SSSR count). The van der Waals surface area contributed by atoms with Crippen LogP contribution in [0.4, 0.5) is 0 Å². The number of aromatic carboxylic acids is 1. The summed E-state index contributed by atoms with van der Waals surface area (Å²) in [5.41, 5.74) is 1.90. The maximum atomic E-state index is 12.0. The Morgan fingerprint density at radius 1 is 1.22 bits per heavy atom. The number of carbonyl (C=O) groups is 2. The average molecular weight is 369 g/mol. The van der Waals surface area contributed by atoms with Gasteiger partial charge in [-0.25, -0.2) is 4.79 Å². The normalized spacial score (nSPS) is 14.1. The SMILES string of the molecule is CC1(C)Cc2cccc(OCC(=O)NCCc3cccc(C(=O)O)c3)c2O1. The number of fused-ring (bicyclic) bond motifs is 1. The molecule has 1 heterocycles. The second-order valence-corrected chi connectivity index (χ2v) is 7.18. The van der Waals surface area contributed by atoms with Crippen LogP contribution in [0.3, 0.4) is 0 Å². The molecule has 0 fully saturated rings. The smallest absolute Gasteiger partial charge is 0.335 e. The molecule has 1 amide bonds. The van der Waals surface area contributed by atoms with Crippen molar-refractivity contribution in [2.24, 2.45) is 0 Å². The van der Waals surface area contributed by atoms with E-state index in [1.807, 2.05) is 32.0 Å². The van der Waals surface area contributed by atoms with Crippen LogP contribution in [0.1, 0.15) is 35.3 Å². The Kier molecular flexibility index (Phi) is 5.35. The molecule has 27 heavy (non-hydrogen) atoms. The molecule has 0 saturated carbocycles. The highest BCUT2D eigenvalue weighted by Gasteiger charge is 2.32. The number of carboxylic acids is 1. The maximum Gasteiger partial charge on any atom is 0.335 e. The highest BCUT2D eigenvalue weighted by atomic mass is 16.5. The lowest BCUT2D eigenvalue weighted by Crippen LogP contribution is -2.30. The van der Waals surface area contributed by atoms with Crippen LogP contribution < -0.4 is 14.8 Å². The molecule has 142 valence electrons. The van der Waals surface area contributed by atoms with E-state index in [1.165, 1.54) is 0 Å². The summed E-state index contributed by atoms with van der Waals surface area (Å²) in [6.07, 6.45) is 1.35. The van der Waals surface area contributed by atoms with Crippen molar-refractivity contribution in [2.75, 3.05) is 13.2 Å². The van der Waals surface area contributed by atoms with E-state index in [-0.39, 0.29) is 23.7 Å². The fourth-order valence-electron chi connectivity index (χ4n) is 3.10. The van der Waals surface area contributed by atoms with Crippen molar-refractivity contribution >= 4 is 11.9 Å². The zero-order valence-electron chi connectivity index (χ0n) is 15.5. The molecular formula is C21H23NO5. The highest BCUT2D eigenvalue weighted by molar-refractivity contribution is 5.87. The van der Waals surface area contributed by atoms with Gasteiger partial charge in [-0.1, -0.05) is 24.3 Å². The largest absolute Gasteiger partial charge is 0.483 e. The molecule has 0 atom stereocenters. The van der Waals surface area contributed by atoms with Crippen molar-refractivity contribution in [3.05, 3.63) is 59.2 Å². The van der Waals surface area contributed by atoms with E-state index < -0.39 is 5.97 Å². The van der Waals surface area contributed by atoms with E-state index in [9.17, 15) is 9.59 Å². The fourth-order valence-corrected chi connectivity index (χ4v) is 3.10. The predicted molar refractivity (Wildman–Crippen MR) is 100 cm³/mol. The fraction of sp³-hybridized carbons (Fsp3) is 0.333. The first-order valence-electron chi connectivity index (χ1n) is 8.87. The van der Waals surface area contributed by atoms with Crippen LogP contribution >= 0.6 is 0 Å². The summed E-state index contributed by atoms with van der Waals surface area (Å²) in [5, 5.41) is 11.8. The highest BCUT2D eigenvalue weighted by Crippen LogP contribution is 2.41. The number of benzene rings is 2. The van der Waals surface area contributed by atoms with Crippen LogP contribution in [0.2, 0.25) is 0 Å². The van der Waals surface area contributed by atoms with Crippen molar-refractivity contribution in [3.63, 3.8) is 0 Å². The first-order valence-corrected chi connectivity index (χ1v) is 8.87. The van der Waals surface area contributed by atoms with Gasteiger partial charge >= 0.3 is 5.97 Å². The molecule has 6 nitrogen and oxygen atoms in total. The number of amides is 1. The van der Waals surface area contributed by atoms with Crippen molar-refractivity contribution in [1.29, 1.82) is 0 Å². The number of hydrogen-bond donors (Lipinski definition) is 2. The number of carbonyl (C=O) groups excluding carboxylic acids is 1. The lowest BCUT2D eigenvalue weighted by Gasteiger charge is -2.18. The first-order chi connectivity index (χ1) is 12.8. The molecular weight excluding hydrogens is 346 g/mol. The van der Waals surface area contributed by atoms with E-state index in [0.717, 1.165) is 17.5 Å². The standard InChI is InChI=1S/C21H23NO5/c1-21(2)12-16-7-4-8-17(19(16)27-21)26-13-18(23)22-10-9-14-5-3-6-15(11-14)20(24)25/h3-8,11H,9-10,12-13H2,1-2H3,(H,22,23)(H,24,25). The van der Waals surface area contributed by atoms with E-state index in [4.69, 9.17) is 14.6 Å². The van der Waals surface area contributed by atoms with Crippen molar-refractivity contribution < 1.29 is 24.2 Å². The third kappa shape index (κ3) is 4.78. The van der Waals surface area contributed by atoms with Crippen LogP contribution in [0.15, 0.2) is 42.5 Å². The molecule has 1 aliphatic heterocycles. The second kappa shape index (κ2) is 7.70. The van der Waals surface area contributed by atoms with Gasteiger partial charge in [-0.2, -0.15) is 0 Å². The Labute approximate surface area is 158 Å². The molecule has 0 saturated heterocycles. The topological polar surface area (TPSA) is 84.9 Å². The van der Waals surface area contributed by atoms with E-state index in [0.29, 0.717) is 24.5 Å². The zero-order chi connectivity index (χ0) is 19.4. The molecule has 1 aliphatic rings. The van der Waals surface area contributed by atoms with Gasteiger partial charge in [0.1, 0.15) is 5.60 Å². The van der Waals surface area contributed by atoms with E-state index in [1.54, 1.807) is 24.3 Å². The molecule has 0 unspecified atom stereocenters. The van der Waals surface area contributed by atoms with Gasteiger partial charge in [0, 0.05) is 18.5 Å². The molecule has 6 heteroatoms. The van der Waals surface area contributed by atoms with Gasteiger partial charge in [-0.15, -0.1) is 0 Å². The molecule has 0 aromatic heterocycles. The Hall–Kier alpha value is -3.02. The number of hydrogen-bond acceptors (Lipinski definition) is 4. The van der Waals surface area contributed by atoms with Gasteiger partial charge in [-0.05, 0) is 44.0 Å². The van der Waals surface area contributed by atoms with Gasteiger partial charge in [0.05, 0.1) is 5.56 Å². The predicted octanol–water partition coefficient (Wildman–Crippen LogP) is 2.84. The molecule has 2 N–H and O–H groups in total. The molecule has 2 aromatic carbocycles. The van der Waals surface area contributed by atoms with E-state index in [2.05, 4.69) is 5.32 Å². The van der Waals surface area contributed by atoms with Crippen molar-refractivity contribution in [3.8, 4) is 11.5 Å². The Bertz CT molecular complexity index is 859. The van der Waals surface area contributed by atoms with Crippen LogP contribution in [0.25, 0.3) is 0 Å². The first kappa shape index (κ1) is 18.8. The summed E-state index contributed by atoms with van der Waals surface area (Å²) < 4.78 is 11.6. The number of ether oxygens (including phenoxy) is 2. The number of para-hydroxylation sites is 1. The minimum Gasteiger partial charge on any atom is -0.483 e. The molecule has 0 bridgehead atoms. The lowest BCUT2D eigenvalue weighted by molar-refractivity contribution is -0.123. The van der Waals surface area contributed by atoms with E-state index >= 15 is 0 Å². The van der Waals surface area contributed by atoms with Crippen molar-refractivity contribution in [1.82, 2.24) is 5.32 Å². The Morgan fingerprint density at radius 2 is 2.00 bits per heavy atom. The summed E-state index contributed by atoms with van der Waals surface area (Å²) >= 11 is 0. The zero-order valence-corrected chi connectivity index (χ0v) is 15.5. The minimum absolute atomic E-state index is 0.102. The summed E-state index contributed by atoms with van der Waals surface area (Å²) in [5.74, 6) is 0.0810.